The summed E-state index contributed by atoms with van der Waals surface area (Å²) in [5.74, 6) is 2.47. The first-order chi connectivity index (χ1) is 3.31. The molecule has 0 bridgehead atoms. The van der Waals surface area contributed by atoms with E-state index in [-0.39, 0.29) is 5.92 Å². The van der Waals surface area contributed by atoms with Crippen molar-refractivity contribution in [2.75, 3.05) is 0 Å². The van der Waals surface area contributed by atoms with Crippen LogP contribution in [0.5, 0.6) is 0 Å². The van der Waals surface area contributed by atoms with Crippen LogP contribution < -0.4 is 0 Å². The Balaban J connectivity index is 3.42. The molecule has 0 aliphatic carbocycles. The molecule has 0 aliphatic rings. The molecule has 38 valence electrons. The summed E-state index contributed by atoms with van der Waals surface area (Å²) in [7, 11) is 0. The highest BCUT2D eigenvalue weighted by Gasteiger charge is 1.82. The van der Waals surface area contributed by atoms with E-state index in [0.29, 0.717) is 0 Å². The van der Waals surface area contributed by atoms with Gasteiger partial charge >= 0.3 is 0 Å². The van der Waals surface area contributed by atoms with E-state index in [0.717, 1.165) is 6.26 Å². The van der Waals surface area contributed by atoms with E-state index in [1.54, 1.807) is 6.08 Å². The molecule has 0 saturated heterocycles. The van der Waals surface area contributed by atoms with Gasteiger partial charge in [0.2, 0.25) is 0 Å². The fraction of sp³-hybridized carbons (Fsp3) is 0.333. The molecule has 0 rings (SSSR count). The lowest BCUT2D eigenvalue weighted by atomic mass is 10.2. The summed E-state index contributed by atoms with van der Waals surface area (Å²) in [5.41, 5.74) is 0. The Morgan fingerprint density at radius 2 is 2.43 bits per heavy atom. The summed E-state index contributed by atoms with van der Waals surface area (Å²) < 4.78 is 0. The predicted molar refractivity (Wildman–Crippen MR) is 29.8 cm³/mol. The highest BCUT2D eigenvalue weighted by atomic mass is 16.2. The number of terminal acetylenes is 1. The van der Waals surface area contributed by atoms with Gasteiger partial charge in [-0.25, -0.2) is 0 Å². The highest BCUT2D eigenvalue weighted by Crippen LogP contribution is 1.90. The van der Waals surface area contributed by atoms with Crippen LogP contribution in [0.2, 0.25) is 0 Å². The SMILES string of the molecule is C#CC(C)/C=C/O. The number of aliphatic hydroxyl groups excluding tert-OH is 1. The molecule has 1 N–H and O–H groups in total. The van der Waals surface area contributed by atoms with Crippen molar-refractivity contribution in [1.29, 1.82) is 0 Å². The van der Waals surface area contributed by atoms with E-state index in [1.807, 2.05) is 6.92 Å². The van der Waals surface area contributed by atoms with Crippen LogP contribution in [-0.4, -0.2) is 5.11 Å². The van der Waals surface area contributed by atoms with Gasteiger partial charge in [-0.2, -0.15) is 0 Å². The lowest BCUT2D eigenvalue weighted by Gasteiger charge is -1.86. The van der Waals surface area contributed by atoms with Crippen molar-refractivity contribution in [2.24, 2.45) is 5.92 Å². The van der Waals surface area contributed by atoms with Gasteiger partial charge in [0.05, 0.1) is 6.26 Å². The first-order valence-electron chi connectivity index (χ1n) is 2.08. The average molecular weight is 96.1 g/mol. The third kappa shape index (κ3) is 2.92. The van der Waals surface area contributed by atoms with E-state index in [9.17, 15) is 0 Å². The number of aliphatic hydroxyl groups is 1. The zero-order chi connectivity index (χ0) is 5.70. The van der Waals surface area contributed by atoms with Crippen LogP contribution in [0, 0.1) is 18.3 Å². The number of rotatable bonds is 1. The number of hydrogen-bond donors (Lipinski definition) is 1. The van der Waals surface area contributed by atoms with Gasteiger partial charge < -0.3 is 5.11 Å². The molecule has 0 aromatic carbocycles. The number of allylic oxidation sites excluding steroid dienone is 1. The molecule has 0 aliphatic heterocycles. The third-order valence-electron chi connectivity index (χ3n) is 0.638. The molecule has 1 heteroatoms. The van der Waals surface area contributed by atoms with Crippen LogP contribution in [0.1, 0.15) is 6.92 Å². The van der Waals surface area contributed by atoms with Crippen molar-refractivity contribution in [3.8, 4) is 12.3 Å². The fourth-order valence-electron chi connectivity index (χ4n) is 0.185. The number of hydrogen-bond acceptors (Lipinski definition) is 1. The summed E-state index contributed by atoms with van der Waals surface area (Å²) in [6, 6.07) is 0. The molecule has 0 fully saturated rings. The van der Waals surface area contributed by atoms with E-state index >= 15 is 0 Å². The maximum atomic E-state index is 8.09. The summed E-state index contributed by atoms with van der Waals surface area (Å²) in [6.45, 7) is 1.83. The molecule has 0 saturated carbocycles. The third-order valence-corrected chi connectivity index (χ3v) is 0.638. The van der Waals surface area contributed by atoms with E-state index in [4.69, 9.17) is 11.5 Å². The topological polar surface area (TPSA) is 20.2 Å². The molecular formula is C6H8O. The smallest absolute Gasteiger partial charge is 0.0764 e. The summed E-state index contributed by atoms with van der Waals surface area (Å²) in [4.78, 5) is 0. The minimum Gasteiger partial charge on any atom is -0.516 e. The molecule has 0 radical (unpaired) electrons. The fourth-order valence-corrected chi connectivity index (χ4v) is 0.185. The monoisotopic (exact) mass is 96.1 g/mol. The van der Waals surface area contributed by atoms with Gasteiger partial charge in [-0.15, -0.1) is 6.42 Å². The lowest BCUT2D eigenvalue weighted by molar-refractivity contribution is 0.469. The maximum absolute atomic E-state index is 8.09. The maximum Gasteiger partial charge on any atom is 0.0764 e. The summed E-state index contributed by atoms with van der Waals surface area (Å²) >= 11 is 0. The van der Waals surface area contributed by atoms with Crippen molar-refractivity contribution >= 4 is 0 Å². The van der Waals surface area contributed by atoms with Gasteiger partial charge in [-0.1, -0.05) is 5.92 Å². The Morgan fingerprint density at radius 1 is 1.86 bits per heavy atom. The first-order valence-corrected chi connectivity index (χ1v) is 2.08. The van der Waals surface area contributed by atoms with Crippen LogP contribution in [-0.2, 0) is 0 Å². The average Bonchev–Trinajstić information content (AvgIpc) is 1.68. The molecule has 0 aromatic heterocycles. The Labute approximate surface area is 43.7 Å². The van der Waals surface area contributed by atoms with Crippen molar-refractivity contribution in [3.63, 3.8) is 0 Å². The lowest BCUT2D eigenvalue weighted by Crippen LogP contribution is -1.79. The second-order valence-electron chi connectivity index (χ2n) is 1.30. The first kappa shape index (κ1) is 6.10. The molecule has 0 spiro atoms. The molecule has 1 atom stereocenters. The van der Waals surface area contributed by atoms with Gasteiger partial charge in [0.25, 0.3) is 0 Å². The van der Waals surface area contributed by atoms with E-state index in [2.05, 4.69) is 5.92 Å². The summed E-state index contributed by atoms with van der Waals surface area (Å²) in [5, 5.41) is 8.09. The Bertz CT molecular complexity index is 97.2. The van der Waals surface area contributed by atoms with Crippen LogP contribution >= 0.6 is 0 Å². The highest BCUT2D eigenvalue weighted by molar-refractivity contribution is 5.00. The molecule has 0 heterocycles. The second kappa shape index (κ2) is 3.30. The van der Waals surface area contributed by atoms with Gasteiger partial charge in [0.1, 0.15) is 0 Å². The van der Waals surface area contributed by atoms with Crippen LogP contribution in [0.25, 0.3) is 0 Å². The van der Waals surface area contributed by atoms with Crippen molar-refractivity contribution in [2.45, 2.75) is 6.92 Å². The normalized spacial score (nSPS) is 13.7. The quantitative estimate of drug-likeness (QED) is 0.385. The molecular weight excluding hydrogens is 88.1 g/mol. The molecule has 1 nitrogen and oxygen atoms in total. The van der Waals surface area contributed by atoms with Crippen LogP contribution in [0.15, 0.2) is 12.3 Å². The van der Waals surface area contributed by atoms with Crippen LogP contribution in [0.4, 0.5) is 0 Å². The van der Waals surface area contributed by atoms with Gasteiger partial charge in [-0.3, -0.25) is 0 Å². The zero-order valence-corrected chi connectivity index (χ0v) is 4.26. The van der Waals surface area contributed by atoms with Crippen LogP contribution in [0.3, 0.4) is 0 Å². The minimum atomic E-state index is 0.0463. The molecule has 0 amide bonds. The van der Waals surface area contributed by atoms with Gasteiger partial charge in [-0.05, 0) is 13.0 Å². The zero-order valence-electron chi connectivity index (χ0n) is 4.26. The van der Waals surface area contributed by atoms with E-state index in [1.165, 1.54) is 0 Å². The second-order valence-corrected chi connectivity index (χ2v) is 1.30. The Kier molecular flexibility index (Phi) is 2.87. The molecule has 0 aromatic rings. The van der Waals surface area contributed by atoms with Crippen molar-refractivity contribution in [3.05, 3.63) is 12.3 Å². The standard InChI is InChI=1S/C6H8O/c1-3-6(2)4-5-7/h1,4-7H,2H3/b5-4+. The predicted octanol–water partition coefficient (Wildman–Crippen LogP) is 1.33. The van der Waals surface area contributed by atoms with Crippen molar-refractivity contribution < 1.29 is 5.11 Å². The Morgan fingerprint density at radius 3 is 2.57 bits per heavy atom. The largest absolute Gasteiger partial charge is 0.516 e. The van der Waals surface area contributed by atoms with E-state index < -0.39 is 0 Å². The summed E-state index contributed by atoms with van der Waals surface area (Å²) in [6.07, 6.45) is 7.45. The van der Waals surface area contributed by atoms with Gasteiger partial charge in [0.15, 0.2) is 0 Å². The molecule has 7 heavy (non-hydrogen) atoms. The van der Waals surface area contributed by atoms with Crippen molar-refractivity contribution in [1.82, 2.24) is 0 Å². The Hall–Kier alpha value is -0.900. The minimum absolute atomic E-state index is 0.0463. The molecule has 1 unspecified atom stereocenters. The van der Waals surface area contributed by atoms with Gasteiger partial charge in [0, 0.05) is 5.92 Å².